The van der Waals surface area contributed by atoms with E-state index in [1.54, 1.807) is 11.0 Å². The number of carbonyl (C=O) groups excluding carboxylic acids is 1. The number of phenols is 1. The predicted octanol–water partition coefficient (Wildman–Crippen LogP) is 3.07. The fourth-order valence-electron chi connectivity index (χ4n) is 3.31. The first-order chi connectivity index (χ1) is 13.4. The number of hydrogen-bond donors (Lipinski definition) is 1. The number of hydrogen-bond acceptors (Lipinski definition) is 7. The van der Waals surface area contributed by atoms with Gasteiger partial charge in [0.2, 0.25) is 0 Å². The zero-order chi connectivity index (χ0) is 21.0. The molecule has 8 heteroatoms. The van der Waals surface area contributed by atoms with Gasteiger partial charge in [-0.1, -0.05) is 0 Å². The van der Waals surface area contributed by atoms with Gasteiger partial charge in [-0.05, 0) is 13.8 Å². The minimum absolute atomic E-state index is 0.000991. The summed E-state index contributed by atoms with van der Waals surface area (Å²) in [4.78, 5) is 14.7. The van der Waals surface area contributed by atoms with E-state index in [-0.39, 0.29) is 28.7 Å². The summed E-state index contributed by atoms with van der Waals surface area (Å²) >= 11 is 0. The molecule has 0 saturated heterocycles. The van der Waals surface area contributed by atoms with Crippen molar-refractivity contribution in [2.75, 3.05) is 48.6 Å². The lowest BCUT2D eigenvalue weighted by Crippen LogP contribution is -2.31. The van der Waals surface area contributed by atoms with Gasteiger partial charge >= 0.3 is 0 Å². The Kier molecular flexibility index (Phi) is 6.66. The Morgan fingerprint density at radius 2 is 1.36 bits per heavy atom. The molecule has 0 spiro atoms. The maximum atomic E-state index is 13.1. The van der Waals surface area contributed by atoms with Gasteiger partial charge < -0.3 is 33.7 Å². The van der Waals surface area contributed by atoms with Crippen molar-refractivity contribution in [1.29, 1.82) is 0 Å². The first-order valence-corrected chi connectivity index (χ1v) is 8.84. The smallest absolute Gasteiger partial charge is 0.261 e. The molecule has 0 aliphatic heterocycles. The highest BCUT2D eigenvalue weighted by molar-refractivity contribution is 6.13. The number of fused-ring (bicyclic) bond motifs is 1. The summed E-state index contributed by atoms with van der Waals surface area (Å²) < 4.78 is 27.5. The monoisotopic (exact) mass is 393 g/mol. The van der Waals surface area contributed by atoms with Crippen LogP contribution in [0, 0.1) is 0 Å². The Bertz CT molecular complexity index is 875. The highest BCUT2D eigenvalue weighted by Gasteiger charge is 2.32. The average molecular weight is 393 g/mol. The molecule has 8 nitrogen and oxygen atoms in total. The van der Waals surface area contributed by atoms with Gasteiger partial charge in [0.25, 0.3) is 5.91 Å². The van der Waals surface area contributed by atoms with Gasteiger partial charge in [-0.2, -0.15) is 0 Å². The van der Waals surface area contributed by atoms with Crippen LogP contribution in [0.1, 0.15) is 24.2 Å². The maximum absolute atomic E-state index is 13.1. The van der Waals surface area contributed by atoms with E-state index in [4.69, 9.17) is 23.7 Å². The van der Waals surface area contributed by atoms with E-state index in [1.807, 2.05) is 13.8 Å². The summed E-state index contributed by atoms with van der Waals surface area (Å²) in [6.07, 6.45) is 0. The van der Waals surface area contributed by atoms with Crippen LogP contribution in [0.3, 0.4) is 0 Å². The Hall–Kier alpha value is -3.03. The minimum atomic E-state index is -0.378. The molecule has 28 heavy (non-hydrogen) atoms. The number of nitrogens with zero attached hydrogens (tertiary/aromatic N) is 1. The molecular weight excluding hydrogens is 366 g/mol. The van der Waals surface area contributed by atoms with E-state index < -0.39 is 0 Å². The lowest BCUT2D eigenvalue weighted by Gasteiger charge is -2.24. The van der Waals surface area contributed by atoms with Crippen LogP contribution in [0.2, 0.25) is 0 Å². The van der Waals surface area contributed by atoms with E-state index in [9.17, 15) is 9.90 Å². The number of methoxy groups -OCH3 is 5. The molecule has 0 bridgehead atoms. The summed E-state index contributed by atoms with van der Waals surface area (Å²) in [7, 11) is 7.28. The van der Waals surface area contributed by atoms with E-state index in [0.717, 1.165) is 0 Å². The highest BCUT2D eigenvalue weighted by atomic mass is 16.5. The van der Waals surface area contributed by atoms with Crippen LogP contribution >= 0.6 is 0 Å². The van der Waals surface area contributed by atoms with Crippen molar-refractivity contribution in [2.45, 2.75) is 13.8 Å². The SMILES string of the molecule is CCN(CC)C(=O)c1c(O)c(OC)c2c(OC)c(OC)cc(OC)c2c1OC. The van der Waals surface area contributed by atoms with E-state index in [1.165, 1.54) is 35.5 Å². The molecule has 1 N–H and O–H groups in total. The van der Waals surface area contributed by atoms with Crippen LogP contribution in [0.5, 0.6) is 34.5 Å². The molecule has 0 saturated carbocycles. The van der Waals surface area contributed by atoms with Gasteiger partial charge in [-0.15, -0.1) is 0 Å². The first-order valence-electron chi connectivity index (χ1n) is 8.84. The quantitative estimate of drug-likeness (QED) is 0.737. The van der Waals surface area contributed by atoms with Gasteiger partial charge in [0, 0.05) is 19.2 Å². The van der Waals surface area contributed by atoms with Crippen molar-refractivity contribution < 1.29 is 33.6 Å². The van der Waals surface area contributed by atoms with Crippen LogP contribution in [0.15, 0.2) is 6.07 Å². The van der Waals surface area contributed by atoms with E-state index >= 15 is 0 Å². The zero-order valence-electron chi connectivity index (χ0n) is 17.3. The standard InChI is InChI=1S/C20H27NO7/c1-8-21(9-2)20(23)15-16(22)19(28-7)14-13(18(15)27-6)11(24-3)10-12(25-4)17(14)26-5/h10,22H,8-9H2,1-7H3. The van der Waals surface area contributed by atoms with Crippen LogP contribution in [0.25, 0.3) is 10.8 Å². The van der Waals surface area contributed by atoms with Gasteiger partial charge in [0.1, 0.15) is 17.1 Å². The third kappa shape index (κ3) is 3.19. The number of benzene rings is 2. The minimum Gasteiger partial charge on any atom is -0.504 e. The van der Waals surface area contributed by atoms with Gasteiger partial charge in [-0.25, -0.2) is 0 Å². The second-order valence-electron chi connectivity index (χ2n) is 5.83. The Labute approximate surface area is 164 Å². The fourth-order valence-corrected chi connectivity index (χ4v) is 3.31. The number of carbonyl (C=O) groups is 1. The van der Waals surface area contributed by atoms with E-state index in [2.05, 4.69) is 0 Å². The third-order valence-corrected chi connectivity index (χ3v) is 4.66. The molecule has 0 atom stereocenters. The van der Waals surface area contributed by atoms with Crippen LogP contribution in [-0.2, 0) is 0 Å². The average Bonchev–Trinajstić information content (AvgIpc) is 2.72. The summed E-state index contributed by atoms with van der Waals surface area (Å²) in [5.41, 5.74) is 0.000991. The molecule has 2 aromatic carbocycles. The van der Waals surface area contributed by atoms with Crippen LogP contribution in [-0.4, -0.2) is 64.6 Å². The summed E-state index contributed by atoms with van der Waals surface area (Å²) in [5.74, 6) is 0.619. The zero-order valence-corrected chi connectivity index (χ0v) is 17.3. The summed E-state index contributed by atoms with van der Waals surface area (Å²) in [6.45, 7) is 4.66. The lowest BCUT2D eigenvalue weighted by atomic mass is 9.99. The number of ether oxygens (including phenoxy) is 5. The van der Waals surface area contributed by atoms with Gasteiger partial charge in [0.05, 0.1) is 46.3 Å². The molecule has 2 aromatic rings. The molecule has 0 aromatic heterocycles. The molecule has 0 fully saturated rings. The first kappa shape index (κ1) is 21.3. The Morgan fingerprint density at radius 3 is 1.79 bits per heavy atom. The molecule has 0 heterocycles. The molecule has 0 radical (unpaired) electrons. The lowest BCUT2D eigenvalue weighted by molar-refractivity contribution is 0.0766. The fraction of sp³-hybridized carbons (Fsp3) is 0.450. The van der Waals surface area contributed by atoms with Crippen molar-refractivity contribution in [3.8, 4) is 34.5 Å². The summed E-state index contributed by atoms with van der Waals surface area (Å²) in [6, 6.07) is 1.63. The summed E-state index contributed by atoms with van der Waals surface area (Å²) in [5, 5.41) is 11.8. The number of phenolic OH excluding ortho intramolecular Hbond substituents is 1. The second kappa shape index (κ2) is 8.77. The van der Waals surface area contributed by atoms with Crippen molar-refractivity contribution >= 4 is 16.7 Å². The van der Waals surface area contributed by atoms with Gasteiger partial charge in [-0.3, -0.25) is 4.79 Å². The normalized spacial score (nSPS) is 10.5. The maximum Gasteiger partial charge on any atom is 0.261 e. The molecule has 1 amide bonds. The topological polar surface area (TPSA) is 86.7 Å². The Morgan fingerprint density at radius 1 is 0.821 bits per heavy atom. The molecule has 0 aliphatic carbocycles. The molecular formula is C20H27NO7. The number of aromatic hydroxyl groups is 1. The van der Waals surface area contributed by atoms with Crippen LogP contribution in [0.4, 0.5) is 0 Å². The second-order valence-corrected chi connectivity index (χ2v) is 5.83. The Balaban J connectivity index is 3.11. The largest absolute Gasteiger partial charge is 0.504 e. The van der Waals surface area contributed by atoms with Crippen LogP contribution < -0.4 is 23.7 Å². The van der Waals surface area contributed by atoms with Crippen molar-refractivity contribution in [2.24, 2.45) is 0 Å². The molecule has 154 valence electrons. The highest BCUT2D eigenvalue weighted by Crippen LogP contribution is 2.54. The van der Waals surface area contributed by atoms with E-state index in [0.29, 0.717) is 41.1 Å². The predicted molar refractivity (Wildman–Crippen MR) is 106 cm³/mol. The number of rotatable bonds is 8. The number of amides is 1. The van der Waals surface area contributed by atoms with Crippen molar-refractivity contribution in [3.05, 3.63) is 11.6 Å². The van der Waals surface area contributed by atoms with Crippen molar-refractivity contribution in [1.82, 2.24) is 4.90 Å². The third-order valence-electron chi connectivity index (χ3n) is 4.66. The van der Waals surface area contributed by atoms with Crippen molar-refractivity contribution in [3.63, 3.8) is 0 Å². The molecule has 0 unspecified atom stereocenters. The molecule has 2 rings (SSSR count). The molecule has 0 aliphatic rings. The van der Waals surface area contributed by atoms with Gasteiger partial charge in [0.15, 0.2) is 23.0 Å².